The molecule has 11 unspecified atom stereocenters. The van der Waals surface area contributed by atoms with E-state index in [1.54, 1.807) is 54.6 Å². The molecule has 8 rings (SSSR count). The van der Waals surface area contributed by atoms with E-state index < -0.39 is 149 Å². The number of amides is 3. The zero-order valence-electron chi connectivity index (χ0n) is 42.5. The maximum absolute atomic E-state index is 15.8. The van der Waals surface area contributed by atoms with Crippen molar-refractivity contribution in [1.29, 1.82) is 0 Å². The molecular formula is C55H58N2O19. The van der Waals surface area contributed by atoms with Crippen LogP contribution in [-0.2, 0) is 71.6 Å². The number of hydrogen-bond donors (Lipinski definition) is 3. The van der Waals surface area contributed by atoms with Crippen LogP contribution in [0.25, 0.3) is 0 Å². The molecule has 21 heteroatoms. The van der Waals surface area contributed by atoms with E-state index in [-0.39, 0.29) is 53.7 Å². The van der Waals surface area contributed by atoms with Crippen molar-refractivity contribution in [1.82, 2.24) is 10.4 Å². The molecule has 0 aromatic heterocycles. The lowest BCUT2D eigenvalue weighted by atomic mass is 9.44. The Hall–Kier alpha value is -7.62. The van der Waals surface area contributed by atoms with Crippen molar-refractivity contribution in [3.8, 4) is 0 Å². The summed E-state index contributed by atoms with van der Waals surface area (Å²) in [7, 11) is 0. The number of ketones is 1. The summed E-state index contributed by atoms with van der Waals surface area (Å²) < 4.78 is 36.5. The topological polar surface area (TPSA) is 291 Å². The molecule has 2 heterocycles. The number of hydroxylamine groups is 2. The highest BCUT2D eigenvalue weighted by molar-refractivity contribution is 6.02. The first-order valence-electron chi connectivity index (χ1n) is 24.7. The molecule has 2 saturated carbocycles. The van der Waals surface area contributed by atoms with Gasteiger partial charge in [-0.05, 0) is 54.8 Å². The zero-order chi connectivity index (χ0) is 55.1. The maximum Gasteiger partial charge on any atom is 0.350 e. The number of carbonyl (C=O) groups excluding carboxylic acids is 10. The summed E-state index contributed by atoms with van der Waals surface area (Å²) in [6.45, 7) is 7.57. The van der Waals surface area contributed by atoms with Crippen LogP contribution in [-0.4, -0.2) is 129 Å². The highest BCUT2D eigenvalue weighted by atomic mass is 16.7. The zero-order valence-corrected chi connectivity index (χ0v) is 42.5. The fourth-order valence-electron chi connectivity index (χ4n) is 11.5. The number of carbonyl (C=O) groups is 10. The second-order valence-corrected chi connectivity index (χ2v) is 20.4. The molecule has 0 radical (unpaired) electrons. The maximum atomic E-state index is 15.8. The minimum Gasteiger partial charge on any atom is -0.455 e. The molecule has 4 fully saturated rings. The number of imide groups is 1. The van der Waals surface area contributed by atoms with Gasteiger partial charge in [-0.3, -0.25) is 33.6 Å². The third-order valence-electron chi connectivity index (χ3n) is 15.4. The molecule has 0 spiro atoms. The number of esters is 5. The van der Waals surface area contributed by atoms with Gasteiger partial charge in [0, 0.05) is 50.5 Å². The van der Waals surface area contributed by atoms with Gasteiger partial charge in [0.25, 0.3) is 17.7 Å². The number of nitrogens with one attached hydrogen (secondary N) is 1. The lowest BCUT2D eigenvalue weighted by Crippen LogP contribution is -2.82. The quantitative estimate of drug-likeness (QED) is 0.0847. The van der Waals surface area contributed by atoms with Gasteiger partial charge in [0.2, 0.25) is 6.10 Å². The molecule has 76 heavy (non-hydrogen) atoms. The second kappa shape index (κ2) is 21.2. The Bertz CT molecular complexity index is 2860. The van der Waals surface area contributed by atoms with E-state index in [1.807, 2.05) is 0 Å². The summed E-state index contributed by atoms with van der Waals surface area (Å²) in [4.78, 5) is 142. The molecule has 3 N–H and O–H groups in total. The highest BCUT2D eigenvalue weighted by Crippen LogP contribution is 2.64. The van der Waals surface area contributed by atoms with Gasteiger partial charge in [-0.2, -0.15) is 0 Å². The standard InChI is InChI=1S/C55H58N2O19/c1-29-35(72-51(68)45(73-40(63)24-25-41(64)76-57-38(61)22-23-39(57)62)43(32-16-10-7-11-17-32)56-49(66)33-18-12-8-13-19-33)27-55(69)48(74-50(67)34-20-14-9-15-21-34)46-53(6,36(60)26-37-54(46,28-70-37)75-31(3)59)47(65)44(71-30(2)58)42(29)52(55,4)5/h7-21,35-37,43-46,48,60,69H,22-28H2,1-6H3,(H,56,66). The van der Waals surface area contributed by atoms with Gasteiger partial charge in [-0.15, -0.1) is 5.06 Å². The third-order valence-corrected chi connectivity index (χ3v) is 15.4. The minimum absolute atomic E-state index is 0.00210. The van der Waals surface area contributed by atoms with Gasteiger partial charge in [0.1, 0.15) is 30.0 Å². The molecule has 3 amide bonds. The van der Waals surface area contributed by atoms with Crippen LogP contribution in [0.2, 0.25) is 0 Å². The van der Waals surface area contributed by atoms with Crippen molar-refractivity contribution in [2.24, 2.45) is 16.7 Å². The monoisotopic (exact) mass is 1050 g/mol. The Balaban J connectivity index is 1.25. The van der Waals surface area contributed by atoms with Gasteiger partial charge < -0.3 is 48.8 Å². The number of aliphatic hydroxyl groups excluding tert-OH is 1. The van der Waals surface area contributed by atoms with E-state index in [2.05, 4.69) is 5.32 Å². The molecule has 11 atom stereocenters. The molecule has 3 aliphatic carbocycles. The summed E-state index contributed by atoms with van der Waals surface area (Å²) in [5, 5.41) is 29.2. The molecule has 2 bridgehead atoms. The first-order valence-corrected chi connectivity index (χ1v) is 24.7. The Morgan fingerprint density at radius 1 is 0.776 bits per heavy atom. The lowest BCUT2D eigenvalue weighted by Gasteiger charge is -2.67. The van der Waals surface area contributed by atoms with E-state index in [4.69, 9.17) is 33.3 Å². The van der Waals surface area contributed by atoms with E-state index in [1.165, 1.54) is 64.1 Å². The van der Waals surface area contributed by atoms with Crippen molar-refractivity contribution in [3.63, 3.8) is 0 Å². The van der Waals surface area contributed by atoms with E-state index in [9.17, 15) is 48.6 Å². The number of aliphatic hydroxyl groups is 2. The van der Waals surface area contributed by atoms with E-state index in [0.29, 0.717) is 5.06 Å². The summed E-state index contributed by atoms with van der Waals surface area (Å²) >= 11 is 0. The van der Waals surface area contributed by atoms with Crippen molar-refractivity contribution < 1.29 is 91.4 Å². The number of Topliss-reactive ketones (excluding diaryl/α,β-unsaturated/α-hetero) is 1. The first kappa shape index (κ1) is 54.6. The molecule has 21 nitrogen and oxygen atoms in total. The number of fused-ring (bicyclic) bond motifs is 5. The molecular weight excluding hydrogens is 993 g/mol. The lowest BCUT2D eigenvalue weighted by molar-refractivity contribution is -0.346. The number of benzene rings is 3. The largest absolute Gasteiger partial charge is 0.455 e. The third kappa shape index (κ3) is 9.89. The minimum atomic E-state index is -2.54. The number of hydrogen-bond acceptors (Lipinski definition) is 19. The van der Waals surface area contributed by atoms with E-state index in [0.717, 1.165) is 13.8 Å². The Morgan fingerprint density at radius 3 is 1.92 bits per heavy atom. The highest BCUT2D eigenvalue weighted by Gasteiger charge is 2.78. The molecule has 2 aliphatic heterocycles. The van der Waals surface area contributed by atoms with Gasteiger partial charge in [-0.1, -0.05) is 80.6 Å². The Kier molecular flexibility index (Phi) is 15.2. The molecule has 402 valence electrons. The smallest absolute Gasteiger partial charge is 0.350 e. The average molecular weight is 1050 g/mol. The van der Waals surface area contributed by atoms with Crippen molar-refractivity contribution in [2.75, 3.05) is 6.61 Å². The fourth-order valence-corrected chi connectivity index (χ4v) is 11.5. The van der Waals surface area contributed by atoms with Gasteiger partial charge >= 0.3 is 35.8 Å². The predicted octanol–water partition coefficient (Wildman–Crippen LogP) is 3.67. The molecule has 5 aliphatic rings. The average Bonchev–Trinajstić information content (AvgIpc) is 3.87. The van der Waals surface area contributed by atoms with Crippen molar-refractivity contribution in [2.45, 2.75) is 134 Å². The van der Waals surface area contributed by atoms with Crippen LogP contribution in [0.1, 0.15) is 112 Å². The van der Waals surface area contributed by atoms with Crippen molar-refractivity contribution >= 4 is 59.3 Å². The number of nitrogens with zero attached hydrogens (tertiary/aromatic N) is 1. The normalized spacial score (nSPS) is 29.1. The first-order chi connectivity index (χ1) is 35.9. The van der Waals surface area contributed by atoms with Gasteiger partial charge in [-0.25, -0.2) is 14.4 Å². The fraction of sp³-hybridized carbons (Fsp3) is 0.455. The summed E-state index contributed by atoms with van der Waals surface area (Å²) in [5.74, 6) is -11.4. The van der Waals surface area contributed by atoms with Crippen LogP contribution >= 0.6 is 0 Å². The Morgan fingerprint density at radius 2 is 1.36 bits per heavy atom. The second-order valence-electron chi connectivity index (χ2n) is 20.4. The number of rotatable bonds is 15. The van der Waals surface area contributed by atoms with Crippen molar-refractivity contribution in [3.05, 3.63) is 119 Å². The summed E-state index contributed by atoms with van der Waals surface area (Å²) in [6, 6.07) is 21.8. The van der Waals surface area contributed by atoms with Crippen LogP contribution in [0.5, 0.6) is 0 Å². The van der Waals surface area contributed by atoms with E-state index >= 15 is 9.59 Å². The summed E-state index contributed by atoms with van der Waals surface area (Å²) in [6.07, 6.45) is -13.3. The number of ether oxygens (including phenoxy) is 6. The van der Waals surface area contributed by atoms with Gasteiger partial charge in [0.15, 0.2) is 17.5 Å². The summed E-state index contributed by atoms with van der Waals surface area (Å²) in [5.41, 5.74) is -8.08. The molecule has 3 aromatic carbocycles. The SMILES string of the molecule is CC(=O)OC1C(=O)C2(C)C(O)CC3OCC3(OC(C)=O)C2C(OC(=O)c2ccccc2)C2(O)CC(OC(=O)C(OC(=O)CCC(=O)ON3C(=O)CCC3=O)C(NC(=O)c3ccccc3)c3ccccc3)C(C)=C1C2(C)C. The predicted molar refractivity (Wildman–Crippen MR) is 258 cm³/mol. The van der Waals surface area contributed by atoms with Gasteiger partial charge in [0.05, 0.1) is 42.4 Å². The van der Waals surface area contributed by atoms with Crippen LogP contribution in [0.15, 0.2) is 102 Å². The van der Waals surface area contributed by atoms with Crippen LogP contribution in [0.4, 0.5) is 0 Å². The molecule has 2 saturated heterocycles. The van der Waals surface area contributed by atoms with Crippen LogP contribution in [0, 0.1) is 16.7 Å². The van der Waals surface area contributed by atoms with Crippen LogP contribution < -0.4 is 5.32 Å². The van der Waals surface area contributed by atoms with Crippen LogP contribution in [0.3, 0.4) is 0 Å². The Labute approximate surface area is 436 Å². The molecule has 3 aromatic rings.